The van der Waals surface area contributed by atoms with E-state index >= 15 is 0 Å². The Hall–Kier alpha value is -2.73. The van der Waals surface area contributed by atoms with Crippen molar-refractivity contribution in [3.05, 3.63) is 47.7 Å². The topological polar surface area (TPSA) is 91.5 Å². The molecule has 0 amide bonds. The monoisotopic (exact) mass is 410 g/mol. The zero-order chi connectivity index (χ0) is 21.9. The van der Waals surface area contributed by atoms with Crippen molar-refractivity contribution in [3.63, 3.8) is 0 Å². The lowest BCUT2D eigenvalue weighted by Gasteiger charge is -2.23. The molecule has 1 aromatic heterocycles. The van der Waals surface area contributed by atoms with E-state index in [2.05, 4.69) is 4.98 Å². The lowest BCUT2D eigenvalue weighted by atomic mass is 9.92. The maximum Gasteiger partial charge on any atom is 0.347 e. The van der Waals surface area contributed by atoms with Gasteiger partial charge >= 0.3 is 11.9 Å². The Bertz CT molecular complexity index is 961. The summed E-state index contributed by atoms with van der Waals surface area (Å²) < 4.78 is 10.6. The molecule has 6 nitrogen and oxygen atoms in total. The zero-order valence-electron chi connectivity index (χ0n) is 18.1. The van der Waals surface area contributed by atoms with Crippen LogP contribution < -0.4 is 5.73 Å². The fraction of sp³-hybridized carbons (Fsp3) is 0.458. The molecular weight excluding hydrogens is 380 g/mol. The number of fused-ring (bicyclic) bond motifs is 1. The molecule has 1 fully saturated rings. The van der Waals surface area contributed by atoms with Gasteiger partial charge in [0.1, 0.15) is 0 Å². The highest BCUT2D eigenvalue weighted by molar-refractivity contribution is 5.85. The molecule has 1 aliphatic rings. The van der Waals surface area contributed by atoms with Gasteiger partial charge in [0, 0.05) is 17.3 Å². The van der Waals surface area contributed by atoms with E-state index in [1.807, 2.05) is 43.3 Å². The van der Waals surface area contributed by atoms with Crippen LogP contribution in [0, 0.1) is 11.3 Å². The highest BCUT2D eigenvalue weighted by Gasteiger charge is 2.42. The molecule has 6 heteroatoms. The highest BCUT2D eigenvalue weighted by Crippen LogP contribution is 2.36. The Morgan fingerprint density at radius 2 is 1.97 bits per heavy atom. The minimum atomic E-state index is -0.893. The molecule has 2 atom stereocenters. The number of aromatic nitrogens is 1. The van der Waals surface area contributed by atoms with Crippen LogP contribution in [0.25, 0.3) is 17.0 Å². The Labute approximate surface area is 177 Å². The second-order valence-electron chi connectivity index (χ2n) is 8.45. The average Bonchev–Trinajstić information content (AvgIpc) is 3.54. The highest BCUT2D eigenvalue weighted by atomic mass is 16.6. The fourth-order valence-corrected chi connectivity index (χ4v) is 3.11. The van der Waals surface area contributed by atoms with Crippen LogP contribution in [-0.4, -0.2) is 29.6 Å². The summed E-state index contributed by atoms with van der Waals surface area (Å²) in [5, 5.41) is 1.02. The van der Waals surface area contributed by atoms with Crippen LogP contribution in [0.1, 0.15) is 57.8 Å². The number of nitrogens with two attached hydrogens (primary N) is 1. The predicted octanol–water partition coefficient (Wildman–Crippen LogP) is 4.18. The largest absolute Gasteiger partial charge is 0.463 e. The maximum absolute atomic E-state index is 12.8. The van der Waals surface area contributed by atoms with Crippen molar-refractivity contribution in [2.45, 2.75) is 52.7 Å². The van der Waals surface area contributed by atoms with Crippen molar-refractivity contribution in [3.8, 4) is 0 Å². The Morgan fingerprint density at radius 3 is 2.60 bits per heavy atom. The smallest absolute Gasteiger partial charge is 0.347 e. The number of carbonyl (C=O) groups excluding carboxylic acids is 2. The molecule has 1 heterocycles. The second kappa shape index (κ2) is 8.96. The van der Waals surface area contributed by atoms with E-state index in [9.17, 15) is 9.59 Å². The van der Waals surface area contributed by atoms with E-state index < -0.39 is 23.5 Å². The number of hydrogen-bond donors (Lipinski definition) is 1. The summed E-state index contributed by atoms with van der Waals surface area (Å²) in [4.78, 5) is 29.5. The Balaban J connectivity index is 1.74. The van der Waals surface area contributed by atoms with Crippen LogP contribution in [0.3, 0.4) is 0 Å². The number of nitrogens with zero attached hydrogens (tertiary/aromatic N) is 1. The number of esters is 2. The van der Waals surface area contributed by atoms with Crippen LogP contribution in [0.4, 0.5) is 0 Å². The van der Waals surface area contributed by atoms with Crippen molar-refractivity contribution < 1.29 is 19.1 Å². The Morgan fingerprint density at radius 1 is 1.27 bits per heavy atom. The maximum atomic E-state index is 12.8. The lowest BCUT2D eigenvalue weighted by molar-refractivity contribution is -0.173. The van der Waals surface area contributed by atoms with Gasteiger partial charge < -0.3 is 15.2 Å². The fourth-order valence-electron chi connectivity index (χ4n) is 3.11. The van der Waals surface area contributed by atoms with Crippen LogP contribution in [0.15, 0.2) is 36.4 Å². The van der Waals surface area contributed by atoms with Crippen LogP contribution in [-0.2, 0) is 19.1 Å². The molecule has 1 aliphatic carbocycles. The zero-order valence-corrected chi connectivity index (χ0v) is 18.1. The summed E-state index contributed by atoms with van der Waals surface area (Å²) in [5.74, 6) is -0.834. The van der Waals surface area contributed by atoms with Gasteiger partial charge in [0.2, 0.25) is 6.10 Å². The second-order valence-corrected chi connectivity index (χ2v) is 8.45. The van der Waals surface area contributed by atoms with E-state index in [1.54, 1.807) is 26.8 Å². The summed E-state index contributed by atoms with van der Waals surface area (Å²) in [6.07, 6.45) is 4.60. The predicted molar refractivity (Wildman–Crippen MR) is 116 cm³/mol. The standard InChI is InChI=1S/C24H30N2O4/c1-5-29-22(27)21(18-8-9-18)30-23(28)24(3,4)13-12-16-6-7-17-10-11-19(15(2)25)26-20(17)14-16/h6-7,10-15,18,21H,5,8-9,25H2,1-4H3/b13-12+/t15-,21?/m1/s1. The van der Waals surface area contributed by atoms with E-state index in [1.165, 1.54) is 0 Å². The molecule has 0 saturated heterocycles. The number of carbonyl (C=O) groups is 2. The van der Waals surface area contributed by atoms with Crippen molar-refractivity contribution >= 4 is 28.9 Å². The van der Waals surface area contributed by atoms with E-state index in [0.29, 0.717) is 0 Å². The molecule has 0 radical (unpaired) electrons. The van der Waals surface area contributed by atoms with Crippen molar-refractivity contribution in [1.82, 2.24) is 4.98 Å². The average molecular weight is 411 g/mol. The van der Waals surface area contributed by atoms with Crippen LogP contribution in [0.5, 0.6) is 0 Å². The molecule has 0 spiro atoms. The number of pyridine rings is 1. The van der Waals surface area contributed by atoms with Gasteiger partial charge in [-0.15, -0.1) is 0 Å². The minimum absolute atomic E-state index is 0.0680. The molecule has 2 N–H and O–H groups in total. The third-order valence-electron chi connectivity index (χ3n) is 5.23. The third-order valence-corrected chi connectivity index (χ3v) is 5.23. The summed E-state index contributed by atoms with van der Waals surface area (Å²) in [7, 11) is 0. The van der Waals surface area contributed by atoms with Gasteiger partial charge in [-0.2, -0.15) is 0 Å². The normalized spacial score (nSPS) is 16.4. The number of hydrogen-bond acceptors (Lipinski definition) is 6. The summed E-state index contributed by atoms with van der Waals surface area (Å²) in [5.41, 5.74) is 7.64. The van der Waals surface area contributed by atoms with Gasteiger partial charge in [0.15, 0.2) is 0 Å². The van der Waals surface area contributed by atoms with Gasteiger partial charge in [-0.25, -0.2) is 4.79 Å². The van der Waals surface area contributed by atoms with Gasteiger partial charge in [-0.05, 0) is 58.2 Å². The summed E-state index contributed by atoms with van der Waals surface area (Å²) in [6.45, 7) is 7.45. The third kappa shape index (κ3) is 5.25. The molecule has 1 saturated carbocycles. The molecule has 160 valence electrons. The summed E-state index contributed by atoms with van der Waals surface area (Å²) in [6, 6.07) is 9.72. The molecule has 1 unspecified atom stereocenters. The van der Waals surface area contributed by atoms with Crippen LogP contribution in [0.2, 0.25) is 0 Å². The first-order chi connectivity index (χ1) is 14.2. The first-order valence-electron chi connectivity index (χ1n) is 10.4. The van der Waals surface area contributed by atoms with Gasteiger partial charge in [-0.3, -0.25) is 9.78 Å². The molecule has 3 rings (SSSR count). The number of rotatable bonds is 8. The molecule has 2 aromatic rings. The van der Waals surface area contributed by atoms with Crippen molar-refractivity contribution in [2.24, 2.45) is 17.1 Å². The molecule has 30 heavy (non-hydrogen) atoms. The SMILES string of the molecule is CCOC(=O)C(OC(=O)C(C)(C)/C=C/c1ccc2ccc([C@@H](C)N)nc2c1)C1CC1. The van der Waals surface area contributed by atoms with Gasteiger partial charge in [0.05, 0.1) is 23.2 Å². The van der Waals surface area contributed by atoms with E-state index in [-0.39, 0.29) is 18.6 Å². The molecule has 0 bridgehead atoms. The number of benzene rings is 1. The minimum Gasteiger partial charge on any atom is -0.463 e. The molecule has 0 aliphatic heterocycles. The van der Waals surface area contributed by atoms with Gasteiger partial charge in [-0.1, -0.05) is 30.4 Å². The van der Waals surface area contributed by atoms with Crippen molar-refractivity contribution in [1.29, 1.82) is 0 Å². The van der Waals surface area contributed by atoms with Crippen molar-refractivity contribution in [2.75, 3.05) is 6.61 Å². The van der Waals surface area contributed by atoms with E-state index in [0.717, 1.165) is 35.0 Å². The summed E-state index contributed by atoms with van der Waals surface area (Å²) >= 11 is 0. The van der Waals surface area contributed by atoms with Gasteiger partial charge in [0.25, 0.3) is 0 Å². The Kier molecular flexibility index (Phi) is 6.56. The number of ether oxygens (including phenoxy) is 2. The van der Waals surface area contributed by atoms with E-state index in [4.69, 9.17) is 15.2 Å². The molecule has 1 aromatic carbocycles. The quantitative estimate of drug-likeness (QED) is 0.657. The lowest BCUT2D eigenvalue weighted by Crippen LogP contribution is -2.36. The first-order valence-corrected chi connectivity index (χ1v) is 10.4. The first kappa shape index (κ1) is 22.0. The molecular formula is C24H30N2O4. The van der Waals surface area contributed by atoms with Crippen LogP contribution >= 0.6 is 0 Å².